The van der Waals surface area contributed by atoms with E-state index < -0.39 is 5.97 Å². The van der Waals surface area contributed by atoms with E-state index in [1.807, 2.05) is 13.2 Å². The maximum absolute atomic E-state index is 12.2. The summed E-state index contributed by atoms with van der Waals surface area (Å²) in [6.07, 6.45) is 3.70. The number of hydrogen-bond donors (Lipinski definition) is 2. The van der Waals surface area contributed by atoms with Gasteiger partial charge in [-0.3, -0.25) is 14.3 Å². The molecular formula is C13H21ClN4O3. The number of nitrogens with one attached hydrogen (secondary N) is 2. The SMILES string of the molecule is CCOC(=O)CNC(=O)[C@H]1CNC[C@@H]1c1cnn(C)c1.Cl. The summed E-state index contributed by atoms with van der Waals surface area (Å²) in [4.78, 5) is 23.4. The van der Waals surface area contributed by atoms with E-state index in [1.165, 1.54) is 0 Å². The zero-order chi connectivity index (χ0) is 14.5. The summed E-state index contributed by atoms with van der Waals surface area (Å²) in [5.74, 6) is -0.638. The normalized spacial score (nSPS) is 20.7. The average Bonchev–Trinajstić information content (AvgIpc) is 3.04. The number of rotatable bonds is 5. The van der Waals surface area contributed by atoms with E-state index in [1.54, 1.807) is 17.8 Å². The minimum absolute atomic E-state index is 0. The molecule has 2 heterocycles. The summed E-state index contributed by atoms with van der Waals surface area (Å²) < 4.78 is 6.51. The molecule has 0 bridgehead atoms. The fourth-order valence-electron chi connectivity index (χ4n) is 2.44. The molecule has 0 saturated carbocycles. The predicted molar refractivity (Wildman–Crippen MR) is 79.2 cm³/mol. The van der Waals surface area contributed by atoms with Crippen LogP contribution in [0.2, 0.25) is 0 Å². The lowest BCUT2D eigenvalue weighted by atomic mass is 9.90. The number of amides is 1. The number of aromatic nitrogens is 2. The molecule has 0 aromatic carbocycles. The minimum Gasteiger partial charge on any atom is -0.465 e. The molecule has 0 spiro atoms. The van der Waals surface area contributed by atoms with E-state index in [4.69, 9.17) is 4.74 Å². The summed E-state index contributed by atoms with van der Waals surface area (Å²) in [5, 5.41) is 9.98. The summed E-state index contributed by atoms with van der Waals surface area (Å²) in [6, 6.07) is 0. The third-order valence-electron chi connectivity index (χ3n) is 3.42. The number of nitrogens with zero attached hydrogens (tertiary/aromatic N) is 2. The van der Waals surface area contributed by atoms with E-state index in [0.717, 1.165) is 12.1 Å². The topological polar surface area (TPSA) is 85.2 Å². The van der Waals surface area contributed by atoms with Gasteiger partial charge in [0, 0.05) is 32.3 Å². The van der Waals surface area contributed by atoms with E-state index >= 15 is 0 Å². The summed E-state index contributed by atoms with van der Waals surface area (Å²) in [6.45, 7) is 3.32. The Bertz CT molecular complexity index is 492. The number of carbonyl (C=O) groups is 2. The van der Waals surface area contributed by atoms with Gasteiger partial charge in [0.25, 0.3) is 0 Å². The molecule has 2 rings (SSSR count). The van der Waals surface area contributed by atoms with Crippen molar-refractivity contribution >= 4 is 24.3 Å². The number of esters is 1. The van der Waals surface area contributed by atoms with E-state index in [9.17, 15) is 9.59 Å². The summed E-state index contributed by atoms with van der Waals surface area (Å²) >= 11 is 0. The van der Waals surface area contributed by atoms with Gasteiger partial charge >= 0.3 is 5.97 Å². The molecule has 2 atom stereocenters. The Morgan fingerprint density at radius 1 is 1.52 bits per heavy atom. The van der Waals surface area contributed by atoms with Crippen LogP contribution in [0.15, 0.2) is 12.4 Å². The Labute approximate surface area is 129 Å². The third-order valence-corrected chi connectivity index (χ3v) is 3.42. The molecule has 21 heavy (non-hydrogen) atoms. The summed E-state index contributed by atoms with van der Waals surface area (Å²) in [5.41, 5.74) is 1.04. The predicted octanol–water partition coefficient (Wildman–Crippen LogP) is -0.176. The maximum atomic E-state index is 12.2. The number of hydrogen-bond acceptors (Lipinski definition) is 5. The van der Waals surface area contributed by atoms with Crippen molar-refractivity contribution in [2.45, 2.75) is 12.8 Å². The molecule has 1 aromatic heterocycles. The Morgan fingerprint density at radius 3 is 2.90 bits per heavy atom. The van der Waals surface area contributed by atoms with E-state index in [0.29, 0.717) is 13.2 Å². The second-order valence-corrected chi connectivity index (χ2v) is 4.84. The van der Waals surface area contributed by atoms with Crippen molar-refractivity contribution in [2.24, 2.45) is 13.0 Å². The van der Waals surface area contributed by atoms with Crippen molar-refractivity contribution in [1.29, 1.82) is 0 Å². The van der Waals surface area contributed by atoms with E-state index in [2.05, 4.69) is 15.7 Å². The molecule has 1 aliphatic heterocycles. The van der Waals surface area contributed by atoms with Crippen molar-refractivity contribution in [3.63, 3.8) is 0 Å². The lowest BCUT2D eigenvalue weighted by Crippen LogP contribution is -2.37. The molecule has 0 aliphatic carbocycles. The highest BCUT2D eigenvalue weighted by Crippen LogP contribution is 2.27. The first-order valence-electron chi connectivity index (χ1n) is 6.74. The molecule has 2 N–H and O–H groups in total. The third kappa shape index (κ3) is 4.44. The van der Waals surface area contributed by atoms with Gasteiger partial charge in [-0.25, -0.2) is 0 Å². The highest BCUT2D eigenvalue weighted by atomic mass is 35.5. The van der Waals surface area contributed by atoms with Gasteiger partial charge < -0.3 is 15.4 Å². The molecule has 1 amide bonds. The standard InChI is InChI=1S/C13H20N4O3.ClH/c1-3-20-12(18)7-15-13(19)11-6-14-5-10(11)9-4-16-17(2)8-9;/h4,8,10-11,14H,3,5-7H2,1-2H3,(H,15,19);1H/t10-,11+;/m1./s1. The molecular weight excluding hydrogens is 296 g/mol. The number of carbonyl (C=O) groups excluding carboxylic acids is 2. The molecule has 8 heteroatoms. The van der Waals surface area contributed by atoms with Gasteiger partial charge in [-0.15, -0.1) is 12.4 Å². The van der Waals surface area contributed by atoms with Gasteiger partial charge in [0.2, 0.25) is 5.91 Å². The van der Waals surface area contributed by atoms with Crippen LogP contribution in [0.1, 0.15) is 18.4 Å². The van der Waals surface area contributed by atoms with Crippen LogP contribution >= 0.6 is 12.4 Å². The van der Waals surface area contributed by atoms with Gasteiger partial charge in [0.1, 0.15) is 6.54 Å². The number of halogens is 1. The Kier molecular flexibility index (Phi) is 6.64. The smallest absolute Gasteiger partial charge is 0.325 e. The molecule has 1 saturated heterocycles. The van der Waals surface area contributed by atoms with Gasteiger partial charge in [0.15, 0.2) is 0 Å². The Hall–Kier alpha value is -1.60. The zero-order valence-corrected chi connectivity index (χ0v) is 13.0. The molecule has 1 fully saturated rings. The maximum Gasteiger partial charge on any atom is 0.325 e. The number of ether oxygens (including phenoxy) is 1. The van der Waals surface area contributed by atoms with Gasteiger partial charge in [-0.1, -0.05) is 0 Å². The van der Waals surface area contributed by atoms with Crippen LogP contribution in [0.5, 0.6) is 0 Å². The Balaban J connectivity index is 0.00000220. The molecule has 1 aromatic rings. The minimum atomic E-state index is -0.412. The van der Waals surface area contributed by atoms with Gasteiger partial charge in [0.05, 0.1) is 18.7 Å². The van der Waals surface area contributed by atoms with Crippen LogP contribution < -0.4 is 10.6 Å². The largest absolute Gasteiger partial charge is 0.465 e. The quantitative estimate of drug-likeness (QED) is 0.736. The van der Waals surface area contributed by atoms with Crippen molar-refractivity contribution in [3.8, 4) is 0 Å². The molecule has 0 unspecified atom stereocenters. The Morgan fingerprint density at radius 2 is 2.29 bits per heavy atom. The second kappa shape index (κ2) is 7.99. The second-order valence-electron chi connectivity index (χ2n) is 4.84. The van der Waals surface area contributed by atoms with Crippen molar-refractivity contribution in [3.05, 3.63) is 18.0 Å². The average molecular weight is 317 g/mol. The van der Waals surface area contributed by atoms with Crippen molar-refractivity contribution in [2.75, 3.05) is 26.2 Å². The monoisotopic (exact) mass is 316 g/mol. The molecule has 0 radical (unpaired) electrons. The number of aryl methyl sites for hydroxylation is 1. The lowest BCUT2D eigenvalue weighted by molar-refractivity contribution is -0.143. The molecule has 7 nitrogen and oxygen atoms in total. The highest BCUT2D eigenvalue weighted by molar-refractivity contribution is 5.85. The van der Waals surface area contributed by atoms with Crippen LogP contribution in [-0.4, -0.2) is 47.9 Å². The summed E-state index contributed by atoms with van der Waals surface area (Å²) in [7, 11) is 1.85. The van der Waals surface area contributed by atoms with Crippen LogP contribution in [0.3, 0.4) is 0 Å². The fraction of sp³-hybridized carbons (Fsp3) is 0.615. The first kappa shape index (κ1) is 17.5. The highest BCUT2D eigenvalue weighted by Gasteiger charge is 2.34. The van der Waals surface area contributed by atoms with Crippen molar-refractivity contribution in [1.82, 2.24) is 20.4 Å². The van der Waals surface area contributed by atoms with Crippen LogP contribution in [-0.2, 0) is 21.4 Å². The van der Waals surface area contributed by atoms with Gasteiger partial charge in [-0.05, 0) is 12.5 Å². The molecule has 1 aliphatic rings. The fourth-order valence-corrected chi connectivity index (χ4v) is 2.44. The van der Waals surface area contributed by atoms with Crippen LogP contribution in [0, 0.1) is 5.92 Å². The van der Waals surface area contributed by atoms with Crippen LogP contribution in [0.25, 0.3) is 0 Å². The lowest BCUT2D eigenvalue weighted by Gasteiger charge is -2.16. The zero-order valence-electron chi connectivity index (χ0n) is 12.2. The van der Waals surface area contributed by atoms with Crippen molar-refractivity contribution < 1.29 is 14.3 Å². The first-order chi connectivity index (χ1) is 9.61. The van der Waals surface area contributed by atoms with Gasteiger partial charge in [-0.2, -0.15) is 5.10 Å². The van der Waals surface area contributed by atoms with Crippen LogP contribution in [0.4, 0.5) is 0 Å². The molecule has 118 valence electrons. The first-order valence-corrected chi connectivity index (χ1v) is 6.74. The van der Waals surface area contributed by atoms with E-state index in [-0.39, 0.29) is 36.7 Å².